The Kier molecular flexibility index (Phi) is 8.28. The molecule has 2 atom stereocenters. The smallest absolute Gasteiger partial charge is 0.251 e. The van der Waals surface area contributed by atoms with Crippen LogP contribution in [-0.4, -0.2) is 37.0 Å². The molecule has 0 heterocycles. The summed E-state index contributed by atoms with van der Waals surface area (Å²) < 4.78 is 0. The monoisotopic (exact) mass is 361 g/mol. The van der Waals surface area contributed by atoms with Crippen molar-refractivity contribution in [1.29, 1.82) is 0 Å². The molecular weight excluding hydrogens is 326 g/mol. The molecule has 0 saturated heterocycles. The molecule has 26 heavy (non-hydrogen) atoms. The van der Waals surface area contributed by atoms with Crippen LogP contribution in [0.25, 0.3) is 0 Å². The van der Waals surface area contributed by atoms with Crippen LogP contribution in [-0.2, 0) is 10.2 Å². The number of hydrogen-bond donors (Lipinski definition) is 3. The third-order valence-electron chi connectivity index (χ3n) is 4.38. The van der Waals surface area contributed by atoms with E-state index in [4.69, 9.17) is 0 Å². The minimum absolute atomic E-state index is 0.00207. The third kappa shape index (κ3) is 6.79. The first-order chi connectivity index (χ1) is 12.1. The van der Waals surface area contributed by atoms with Crippen LogP contribution in [0.3, 0.4) is 0 Å². The van der Waals surface area contributed by atoms with Crippen LogP contribution >= 0.6 is 0 Å². The fourth-order valence-corrected chi connectivity index (χ4v) is 2.67. The van der Waals surface area contributed by atoms with Crippen LogP contribution in [0.2, 0.25) is 0 Å². The van der Waals surface area contributed by atoms with E-state index in [-0.39, 0.29) is 29.2 Å². The normalized spacial score (nSPS) is 14.0. The number of hydrogen-bond acceptors (Lipinski definition) is 3. The van der Waals surface area contributed by atoms with Gasteiger partial charge in [0.25, 0.3) is 5.91 Å². The van der Waals surface area contributed by atoms with E-state index in [0.717, 1.165) is 6.54 Å². The standard InChI is InChI=1S/C21H35N3O2/c1-8-22-15(4)13-23-20(26)18(14(2)3)24-19(25)16-9-11-17(12-10-16)21(5,6)7/h9-12,14-15,18,22H,8,13H2,1-7H3,(H,23,26)(H,24,25)/t15-,18?/m1/s1. The van der Waals surface area contributed by atoms with E-state index < -0.39 is 6.04 Å². The van der Waals surface area contributed by atoms with E-state index in [1.165, 1.54) is 5.56 Å². The Labute approximate surface area is 158 Å². The van der Waals surface area contributed by atoms with Gasteiger partial charge in [0.05, 0.1) is 0 Å². The highest BCUT2D eigenvalue weighted by Gasteiger charge is 2.25. The van der Waals surface area contributed by atoms with Crippen molar-refractivity contribution in [3.63, 3.8) is 0 Å². The first-order valence-corrected chi connectivity index (χ1v) is 9.48. The van der Waals surface area contributed by atoms with Crippen molar-refractivity contribution >= 4 is 11.8 Å². The highest BCUT2D eigenvalue weighted by Crippen LogP contribution is 2.22. The zero-order valence-corrected chi connectivity index (χ0v) is 17.3. The van der Waals surface area contributed by atoms with Crippen LogP contribution in [0, 0.1) is 5.92 Å². The molecule has 0 bridgehead atoms. The van der Waals surface area contributed by atoms with Gasteiger partial charge in [-0.05, 0) is 42.5 Å². The number of nitrogens with one attached hydrogen (secondary N) is 3. The molecule has 2 amide bonds. The second-order valence-corrected chi connectivity index (χ2v) is 8.23. The van der Waals surface area contributed by atoms with Crippen LogP contribution in [0.5, 0.6) is 0 Å². The zero-order valence-electron chi connectivity index (χ0n) is 17.3. The van der Waals surface area contributed by atoms with Gasteiger partial charge in [-0.2, -0.15) is 0 Å². The Morgan fingerprint density at radius 3 is 2.08 bits per heavy atom. The second-order valence-electron chi connectivity index (χ2n) is 8.23. The number of amides is 2. The summed E-state index contributed by atoms with van der Waals surface area (Å²) in [5.41, 5.74) is 1.78. The number of carbonyl (C=O) groups is 2. The van der Waals surface area contributed by atoms with Crippen molar-refractivity contribution in [3.05, 3.63) is 35.4 Å². The molecule has 0 aromatic heterocycles. The number of carbonyl (C=O) groups excluding carboxylic acids is 2. The van der Waals surface area contributed by atoms with Gasteiger partial charge in [-0.1, -0.05) is 53.7 Å². The quantitative estimate of drug-likeness (QED) is 0.667. The molecule has 0 radical (unpaired) electrons. The molecule has 5 nitrogen and oxygen atoms in total. The minimum Gasteiger partial charge on any atom is -0.353 e. The Morgan fingerprint density at radius 1 is 1.04 bits per heavy atom. The van der Waals surface area contributed by atoms with Crippen molar-refractivity contribution in [2.24, 2.45) is 5.92 Å². The van der Waals surface area contributed by atoms with Gasteiger partial charge >= 0.3 is 0 Å². The largest absolute Gasteiger partial charge is 0.353 e. The molecule has 1 unspecified atom stereocenters. The zero-order chi connectivity index (χ0) is 19.9. The van der Waals surface area contributed by atoms with Crippen molar-refractivity contribution in [3.8, 4) is 0 Å². The Balaban J connectivity index is 2.74. The predicted octanol–water partition coefficient (Wildman–Crippen LogP) is 2.85. The molecule has 1 aromatic carbocycles. The molecular formula is C21H35N3O2. The number of likely N-dealkylation sites (N-methyl/N-ethyl adjacent to an activating group) is 1. The molecule has 0 aliphatic rings. The van der Waals surface area contributed by atoms with E-state index >= 15 is 0 Å². The average Bonchev–Trinajstić information content (AvgIpc) is 2.56. The fourth-order valence-electron chi connectivity index (χ4n) is 2.67. The summed E-state index contributed by atoms with van der Waals surface area (Å²) in [6, 6.07) is 7.21. The topological polar surface area (TPSA) is 70.2 Å². The SMILES string of the molecule is CCN[C@H](C)CNC(=O)C(NC(=O)c1ccc(C(C)(C)C)cc1)C(C)C. The summed E-state index contributed by atoms with van der Waals surface area (Å²) in [4.78, 5) is 25.1. The maximum absolute atomic E-state index is 12.6. The molecule has 3 N–H and O–H groups in total. The van der Waals surface area contributed by atoms with Crippen molar-refractivity contribution in [1.82, 2.24) is 16.0 Å². The van der Waals surface area contributed by atoms with Gasteiger partial charge in [-0.15, -0.1) is 0 Å². The van der Waals surface area contributed by atoms with Crippen molar-refractivity contribution in [2.45, 2.75) is 66.0 Å². The number of benzene rings is 1. The van der Waals surface area contributed by atoms with E-state index in [2.05, 4.69) is 36.7 Å². The van der Waals surface area contributed by atoms with Crippen LogP contribution < -0.4 is 16.0 Å². The lowest BCUT2D eigenvalue weighted by molar-refractivity contribution is -0.124. The fraction of sp³-hybridized carbons (Fsp3) is 0.619. The van der Waals surface area contributed by atoms with Gasteiger partial charge in [-0.25, -0.2) is 0 Å². The molecule has 0 fully saturated rings. The number of rotatable bonds is 8. The molecule has 1 rings (SSSR count). The molecule has 0 saturated carbocycles. The minimum atomic E-state index is -0.557. The van der Waals surface area contributed by atoms with Crippen LogP contribution in [0.15, 0.2) is 24.3 Å². The van der Waals surface area contributed by atoms with Crippen LogP contribution in [0.1, 0.15) is 64.4 Å². The average molecular weight is 362 g/mol. The first-order valence-electron chi connectivity index (χ1n) is 9.48. The Bertz CT molecular complexity index is 588. The first kappa shape index (κ1) is 22.2. The summed E-state index contributed by atoms with van der Waals surface area (Å²) in [5.74, 6) is -0.370. The molecule has 5 heteroatoms. The van der Waals surface area contributed by atoms with E-state index in [1.807, 2.05) is 52.0 Å². The molecule has 1 aromatic rings. The third-order valence-corrected chi connectivity index (χ3v) is 4.38. The molecule has 146 valence electrons. The van der Waals surface area contributed by atoms with Crippen LogP contribution in [0.4, 0.5) is 0 Å². The van der Waals surface area contributed by atoms with Gasteiger partial charge in [0.15, 0.2) is 0 Å². The summed E-state index contributed by atoms with van der Waals surface area (Å²) in [6.07, 6.45) is 0. The lowest BCUT2D eigenvalue weighted by Gasteiger charge is -2.23. The molecule has 0 aliphatic carbocycles. The van der Waals surface area contributed by atoms with Crippen molar-refractivity contribution < 1.29 is 9.59 Å². The predicted molar refractivity (Wildman–Crippen MR) is 107 cm³/mol. The summed E-state index contributed by atoms with van der Waals surface area (Å²) >= 11 is 0. The van der Waals surface area contributed by atoms with Gasteiger partial charge < -0.3 is 16.0 Å². The van der Waals surface area contributed by atoms with Gasteiger partial charge in [0, 0.05) is 18.2 Å². The highest BCUT2D eigenvalue weighted by atomic mass is 16.2. The Morgan fingerprint density at radius 2 is 1.62 bits per heavy atom. The van der Waals surface area contributed by atoms with E-state index in [9.17, 15) is 9.59 Å². The van der Waals surface area contributed by atoms with Gasteiger partial charge in [0.1, 0.15) is 6.04 Å². The van der Waals surface area contributed by atoms with E-state index in [1.54, 1.807) is 0 Å². The van der Waals surface area contributed by atoms with Gasteiger partial charge in [0.2, 0.25) is 5.91 Å². The Hall–Kier alpha value is -1.88. The maximum Gasteiger partial charge on any atom is 0.251 e. The molecule has 0 aliphatic heterocycles. The van der Waals surface area contributed by atoms with Crippen molar-refractivity contribution in [2.75, 3.05) is 13.1 Å². The lowest BCUT2D eigenvalue weighted by Crippen LogP contribution is -2.51. The lowest BCUT2D eigenvalue weighted by atomic mass is 9.86. The highest BCUT2D eigenvalue weighted by molar-refractivity contribution is 5.97. The summed E-state index contributed by atoms with van der Waals surface area (Å²) in [6.45, 7) is 15.7. The summed E-state index contributed by atoms with van der Waals surface area (Å²) in [7, 11) is 0. The maximum atomic E-state index is 12.6. The molecule has 0 spiro atoms. The van der Waals surface area contributed by atoms with E-state index in [0.29, 0.717) is 12.1 Å². The second kappa shape index (κ2) is 9.72. The summed E-state index contributed by atoms with van der Waals surface area (Å²) in [5, 5.41) is 9.04. The van der Waals surface area contributed by atoms with Gasteiger partial charge in [-0.3, -0.25) is 9.59 Å².